The molecule has 0 aliphatic rings. The summed E-state index contributed by atoms with van der Waals surface area (Å²) in [6.07, 6.45) is 10.5. The smallest absolute Gasteiger partial charge is 0.0934 e. The normalized spacial score (nSPS) is 10.8. The summed E-state index contributed by atoms with van der Waals surface area (Å²) in [6, 6.07) is 2.00. The van der Waals surface area contributed by atoms with Gasteiger partial charge in [-0.05, 0) is 37.0 Å². The topological polar surface area (TPSA) is 22.4 Å². The first-order valence-electron chi connectivity index (χ1n) is 4.12. The first-order chi connectivity index (χ1) is 5.93. The number of hydrogen-bond acceptors (Lipinski definition) is 2. The molecule has 0 spiro atoms. The van der Waals surface area contributed by atoms with Gasteiger partial charge in [0.25, 0.3) is 0 Å². The van der Waals surface area contributed by atoms with Crippen LogP contribution in [0.15, 0.2) is 35.3 Å². The first-order valence-corrected chi connectivity index (χ1v) is 4.12. The van der Waals surface area contributed by atoms with Gasteiger partial charge in [0.1, 0.15) is 0 Å². The van der Waals surface area contributed by atoms with Gasteiger partial charge in [-0.15, -0.1) is 0 Å². The van der Waals surface area contributed by atoms with Crippen LogP contribution in [0.3, 0.4) is 0 Å². The van der Waals surface area contributed by atoms with Crippen molar-refractivity contribution in [2.45, 2.75) is 19.3 Å². The number of methoxy groups -OCH3 is 1. The molecule has 0 N–H and O–H groups in total. The third-order valence-corrected chi connectivity index (χ3v) is 1.65. The van der Waals surface area contributed by atoms with Gasteiger partial charge < -0.3 is 9.15 Å². The fraction of sp³-hybridized carbons (Fsp3) is 0.400. The van der Waals surface area contributed by atoms with E-state index >= 15 is 0 Å². The van der Waals surface area contributed by atoms with Crippen molar-refractivity contribution in [3.63, 3.8) is 0 Å². The van der Waals surface area contributed by atoms with E-state index in [1.54, 1.807) is 25.9 Å². The van der Waals surface area contributed by atoms with Gasteiger partial charge in [-0.1, -0.05) is 0 Å². The molecule has 1 heterocycles. The van der Waals surface area contributed by atoms with Gasteiger partial charge in [0.05, 0.1) is 25.9 Å². The predicted molar refractivity (Wildman–Crippen MR) is 47.8 cm³/mol. The van der Waals surface area contributed by atoms with E-state index < -0.39 is 0 Å². The van der Waals surface area contributed by atoms with Crippen molar-refractivity contribution in [2.75, 3.05) is 7.11 Å². The molecule has 0 fully saturated rings. The zero-order valence-electron chi connectivity index (χ0n) is 7.32. The maximum Gasteiger partial charge on any atom is 0.0934 e. The number of unbranched alkanes of at least 4 members (excludes halogenated alkanes) is 1. The minimum absolute atomic E-state index is 1.05. The van der Waals surface area contributed by atoms with Gasteiger partial charge in [0.15, 0.2) is 0 Å². The quantitative estimate of drug-likeness (QED) is 0.495. The fourth-order valence-corrected chi connectivity index (χ4v) is 1.02. The van der Waals surface area contributed by atoms with Gasteiger partial charge in [0, 0.05) is 0 Å². The van der Waals surface area contributed by atoms with E-state index in [1.165, 1.54) is 5.56 Å². The van der Waals surface area contributed by atoms with Gasteiger partial charge >= 0.3 is 0 Å². The second-order valence-electron chi connectivity index (χ2n) is 2.63. The van der Waals surface area contributed by atoms with Crippen LogP contribution in [0.2, 0.25) is 0 Å². The van der Waals surface area contributed by atoms with E-state index in [4.69, 9.17) is 9.15 Å². The molecule has 0 saturated heterocycles. The van der Waals surface area contributed by atoms with Gasteiger partial charge in [0.2, 0.25) is 0 Å². The van der Waals surface area contributed by atoms with E-state index in [-0.39, 0.29) is 0 Å². The largest absolute Gasteiger partial charge is 0.505 e. The van der Waals surface area contributed by atoms with Crippen molar-refractivity contribution in [3.05, 3.63) is 36.5 Å². The van der Waals surface area contributed by atoms with Crippen LogP contribution in [-0.4, -0.2) is 7.11 Å². The molecule has 0 amide bonds. The van der Waals surface area contributed by atoms with Crippen LogP contribution in [0, 0.1) is 0 Å². The molecular formula is C10H14O2. The Morgan fingerprint density at radius 2 is 2.50 bits per heavy atom. The number of rotatable bonds is 5. The summed E-state index contributed by atoms with van der Waals surface area (Å²) in [5, 5.41) is 0. The van der Waals surface area contributed by atoms with E-state index in [0.29, 0.717) is 0 Å². The molecule has 1 rings (SSSR count). The molecule has 0 radical (unpaired) electrons. The molecule has 0 aromatic carbocycles. The summed E-state index contributed by atoms with van der Waals surface area (Å²) < 4.78 is 9.73. The molecule has 1 aromatic heterocycles. The lowest BCUT2D eigenvalue weighted by Crippen LogP contribution is -1.79. The molecule has 1 aromatic rings. The molecule has 0 bridgehead atoms. The summed E-state index contributed by atoms with van der Waals surface area (Å²) in [4.78, 5) is 0. The Bertz CT molecular complexity index is 212. The minimum atomic E-state index is 1.05. The van der Waals surface area contributed by atoms with Crippen LogP contribution in [-0.2, 0) is 11.2 Å². The summed E-state index contributed by atoms with van der Waals surface area (Å²) in [7, 11) is 1.66. The standard InChI is InChI=1S/C10H14O2/c1-11-7-4-2-3-5-10-6-8-12-9-10/h4,6-9H,2-3,5H2,1H3/b7-4+. The molecular weight excluding hydrogens is 152 g/mol. The first kappa shape index (κ1) is 8.91. The van der Waals surface area contributed by atoms with Crippen LogP contribution in [0.1, 0.15) is 18.4 Å². The van der Waals surface area contributed by atoms with Crippen LogP contribution >= 0.6 is 0 Å². The summed E-state index contributed by atoms with van der Waals surface area (Å²) >= 11 is 0. The van der Waals surface area contributed by atoms with E-state index in [0.717, 1.165) is 19.3 Å². The molecule has 2 nitrogen and oxygen atoms in total. The van der Waals surface area contributed by atoms with Crippen molar-refractivity contribution >= 4 is 0 Å². The average molecular weight is 166 g/mol. The van der Waals surface area contributed by atoms with Crippen LogP contribution in [0.5, 0.6) is 0 Å². The highest BCUT2D eigenvalue weighted by molar-refractivity contribution is 5.05. The monoisotopic (exact) mass is 166 g/mol. The van der Waals surface area contributed by atoms with Crippen molar-refractivity contribution < 1.29 is 9.15 Å². The third-order valence-electron chi connectivity index (χ3n) is 1.65. The molecule has 66 valence electrons. The van der Waals surface area contributed by atoms with Crippen molar-refractivity contribution in [2.24, 2.45) is 0 Å². The van der Waals surface area contributed by atoms with Crippen LogP contribution < -0.4 is 0 Å². The summed E-state index contributed by atoms with van der Waals surface area (Å²) in [5.41, 5.74) is 1.26. The highest BCUT2D eigenvalue weighted by Gasteiger charge is 1.91. The number of aryl methyl sites for hydroxylation is 1. The second-order valence-corrected chi connectivity index (χ2v) is 2.63. The molecule has 0 saturated carbocycles. The number of allylic oxidation sites excluding steroid dienone is 1. The lowest BCUT2D eigenvalue weighted by Gasteiger charge is -1.92. The van der Waals surface area contributed by atoms with Crippen LogP contribution in [0.25, 0.3) is 0 Å². The Balaban J connectivity index is 2.07. The lowest BCUT2D eigenvalue weighted by atomic mass is 10.1. The molecule has 12 heavy (non-hydrogen) atoms. The lowest BCUT2D eigenvalue weighted by molar-refractivity contribution is 0.336. The molecule has 0 aliphatic carbocycles. The SMILES string of the molecule is CO/C=C/CCCc1ccoc1. The number of furan rings is 1. The number of ether oxygens (including phenoxy) is 1. The summed E-state index contributed by atoms with van der Waals surface area (Å²) in [5.74, 6) is 0. The molecule has 0 unspecified atom stereocenters. The van der Waals surface area contributed by atoms with Gasteiger partial charge in [-0.2, -0.15) is 0 Å². The average Bonchev–Trinajstić information content (AvgIpc) is 2.57. The van der Waals surface area contributed by atoms with Crippen LogP contribution in [0.4, 0.5) is 0 Å². The Morgan fingerprint density at radius 3 is 3.17 bits per heavy atom. The maximum absolute atomic E-state index is 4.95. The Hall–Kier alpha value is -1.18. The fourth-order valence-electron chi connectivity index (χ4n) is 1.02. The highest BCUT2D eigenvalue weighted by Crippen LogP contribution is 2.05. The Kier molecular flexibility index (Phi) is 4.06. The predicted octanol–water partition coefficient (Wildman–Crippen LogP) is 2.76. The maximum atomic E-state index is 4.95. The summed E-state index contributed by atoms with van der Waals surface area (Å²) in [6.45, 7) is 0. The molecule has 0 aliphatic heterocycles. The zero-order chi connectivity index (χ0) is 8.65. The van der Waals surface area contributed by atoms with Gasteiger partial charge in [-0.3, -0.25) is 0 Å². The van der Waals surface area contributed by atoms with E-state index in [2.05, 4.69) is 0 Å². The Morgan fingerprint density at radius 1 is 1.58 bits per heavy atom. The zero-order valence-corrected chi connectivity index (χ0v) is 7.32. The highest BCUT2D eigenvalue weighted by atomic mass is 16.5. The van der Waals surface area contributed by atoms with E-state index in [9.17, 15) is 0 Å². The van der Waals surface area contributed by atoms with E-state index in [1.807, 2.05) is 12.1 Å². The second kappa shape index (κ2) is 5.47. The number of hydrogen-bond donors (Lipinski definition) is 0. The van der Waals surface area contributed by atoms with Gasteiger partial charge in [-0.25, -0.2) is 0 Å². The molecule has 2 heteroatoms. The van der Waals surface area contributed by atoms with Crippen molar-refractivity contribution in [1.82, 2.24) is 0 Å². The third kappa shape index (κ3) is 3.28. The Labute approximate surface area is 72.8 Å². The minimum Gasteiger partial charge on any atom is -0.505 e. The van der Waals surface area contributed by atoms with Crippen molar-refractivity contribution in [1.29, 1.82) is 0 Å². The molecule has 0 atom stereocenters. The van der Waals surface area contributed by atoms with Crippen molar-refractivity contribution in [3.8, 4) is 0 Å².